The minimum atomic E-state index is -0.379. The van der Waals surface area contributed by atoms with E-state index in [-0.39, 0.29) is 24.8 Å². The summed E-state index contributed by atoms with van der Waals surface area (Å²) in [6, 6.07) is 13.4. The molecule has 4 aromatic heterocycles. The van der Waals surface area contributed by atoms with Gasteiger partial charge in [-0.2, -0.15) is 4.68 Å². The second kappa shape index (κ2) is 7.99. The first-order valence-corrected chi connectivity index (χ1v) is 10.4. The Hall–Kier alpha value is -4.31. The number of hydrogen-bond donors (Lipinski definition) is 2. The summed E-state index contributed by atoms with van der Waals surface area (Å²) in [5.74, 6) is 0.854. The van der Waals surface area contributed by atoms with Crippen LogP contribution in [0, 0.1) is 6.92 Å². The average Bonchev–Trinajstić information content (AvgIpc) is 3.37. The first kappa shape index (κ1) is 20.6. The number of hydrogen-bond acceptors (Lipinski definition) is 6. The number of nitrogen functional groups attached to an aromatic ring is 1. The number of H-pyrrole nitrogens is 1. The highest BCUT2D eigenvalue weighted by Crippen LogP contribution is 2.33. The van der Waals surface area contributed by atoms with Gasteiger partial charge in [-0.05, 0) is 24.6 Å². The Kier molecular flexibility index (Phi) is 4.98. The summed E-state index contributed by atoms with van der Waals surface area (Å²) < 4.78 is 4.54. The first-order valence-electron chi connectivity index (χ1n) is 10.4. The first-order chi connectivity index (χ1) is 16.0. The molecule has 0 bridgehead atoms. The Morgan fingerprint density at radius 1 is 1.15 bits per heavy atom. The van der Waals surface area contributed by atoms with E-state index in [1.54, 1.807) is 12.3 Å². The number of aromatic nitrogens is 7. The number of nitrogens with zero attached hydrogens (tertiary/aromatic N) is 6. The van der Waals surface area contributed by atoms with E-state index >= 15 is 0 Å². The van der Waals surface area contributed by atoms with E-state index in [0.717, 1.165) is 16.8 Å². The van der Waals surface area contributed by atoms with Gasteiger partial charge < -0.3 is 9.67 Å². The van der Waals surface area contributed by atoms with Gasteiger partial charge in [-0.1, -0.05) is 30.3 Å². The van der Waals surface area contributed by atoms with E-state index < -0.39 is 0 Å². The number of aliphatic hydroxyl groups is 1. The molecular weight excluding hydrogens is 420 g/mol. The number of nitrogens with two attached hydrogens (primary N) is 1. The zero-order valence-corrected chi connectivity index (χ0v) is 18.2. The number of nitrogens with one attached hydrogen (secondary N) is 1. The third kappa shape index (κ3) is 3.56. The van der Waals surface area contributed by atoms with E-state index in [4.69, 9.17) is 5.73 Å². The predicted octanol–water partition coefficient (Wildman–Crippen LogP) is 1.20. The molecule has 0 saturated carbocycles. The van der Waals surface area contributed by atoms with Crippen LogP contribution in [-0.4, -0.2) is 33.8 Å². The molecule has 1 aromatic carbocycles. The molecule has 4 N–H and O–H groups in total. The molecule has 0 saturated heterocycles. The Morgan fingerprint density at radius 2 is 1.94 bits per heavy atom. The molecule has 0 spiro atoms. The number of pyridine rings is 1. The standard InChI is InChI=1S/C23H22N8O2/c1-14-10-16(11-17(13-32)26-14)19-20(15-6-4-3-5-7-15)27-22(24)31-21(19)28-30(23(31)33)12-18-25-8-9-29(18)2/h3-11,32H,12-13H2,1-2H3,(H2,24,27)/p+1. The van der Waals surface area contributed by atoms with Crippen LogP contribution < -0.4 is 16.4 Å². The molecule has 166 valence electrons. The molecule has 33 heavy (non-hydrogen) atoms. The molecule has 4 heterocycles. The van der Waals surface area contributed by atoms with Crippen LogP contribution in [0.1, 0.15) is 17.2 Å². The Balaban J connectivity index is 1.84. The van der Waals surface area contributed by atoms with Crippen LogP contribution in [0.5, 0.6) is 0 Å². The summed E-state index contributed by atoms with van der Waals surface area (Å²) >= 11 is 0. The van der Waals surface area contributed by atoms with Crippen LogP contribution in [0.15, 0.2) is 59.7 Å². The Labute approximate surface area is 188 Å². The number of rotatable bonds is 5. The smallest absolute Gasteiger partial charge is 0.390 e. The number of fused-ring (bicyclic) bond motifs is 1. The van der Waals surface area contributed by atoms with Gasteiger partial charge in [0.2, 0.25) is 5.65 Å². The van der Waals surface area contributed by atoms with Crippen molar-refractivity contribution >= 4 is 11.6 Å². The van der Waals surface area contributed by atoms with Crippen molar-refractivity contribution in [3.63, 3.8) is 0 Å². The molecule has 0 unspecified atom stereocenters. The van der Waals surface area contributed by atoms with Crippen LogP contribution in [0.25, 0.3) is 28.0 Å². The van der Waals surface area contributed by atoms with Crippen molar-refractivity contribution in [2.45, 2.75) is 20.1 Å². The molecule has 0 amide bonds. The van der Waals surface area contributed by atoms with Gasteiger partial charge in [0.15, 0.2) is 0 Å². The second-order valence-electron chi connectivity index (χ2n) is 7.83. The van der Waals surface area contributed by atoms with E-state index in [1.807, 2.05) is 61.1 Å². The lowest BCUT2D eigenvalue weighted by atomic mass is 9.99. The third-order valence-corrected chi connectivity index (χ3v) is 5.54. The molecule has 5 rings (SSSR count). The minimum Gasteiger partial charge on any atom is -0.390 e. The summed E-state index contributed by atoms with van der Waals surface area (Å²) in [6.07, 6.45) is 3.49. The molecule has 0 aliphatic carbocycles. The fraction of sp³-hybridized carbons (Fsp3) is 0.174. The van der Waals surface area contributed by atoms with Crippen molar-refractivity contribution in [3.8, 4) is 22.4 Å². The molecule has 0 radical (unpaired) electrons. The number of anilines is 1. The van der Waals surface area contributed by atoms with Crippen molar-refractivity contribution < 1.29 is 10.1 Å². The highest BCUT2D eigenvalue weighted by atomic mass is 16.3. The van der Waals surface area contributed by atoms with Gasteiger partial charge in [0.05, 0.1) is 17.9 Å². The van der Waals surface area contributed by atoms with Gasteiger partial charge in [0.1, 0.15) is 18.1 Å². The maximum absolute atomic E-state index is 13.3. The van der Waals surface area contributed by atoms with Crippen molar-refractivity contribution in [2.24, 2.45) is 7.05 Å². The number of imidazole rings is 1. The van der Waals surface area contributed by atoms with Gasteiger partial charge in [0.25, 0.3) is 0 Å². The van der Waals surface area contributed by atoms with Crippen molar-refractivity contribution in [1.29, 1.82) is 0 Å². The molecule has 0 fully saturated rings. The van der Waals surface area contributed by atoms with Gasteiger partial charge in [-0.3, -0.25) is 10.7 Å². The lowest BCUT2D eigenvalue weighted by molar-refractivity contribution is -0.351. The van der Waals surface area contributed by atoms with Gasteiger partial charge in [-0.25, -0.2) is 14.8 Å². The van der Waals surface area contributed by atoms with Crippen molar-refractivity contribution in [2.75, 3.05) is 5.73 Å². The molecule has 10 nitrogen and oxygen atoms in total. The fourth-order valence-electron chi connectivity index (χ4n) is 3.99. The predicted molar refractivity (Wildman–Crippen MR) is 122 cm³/mol. The van der Waals surface area contributed by atoms with Crippen LogP contribution in [0.3, 0.4) is 0 Å². The SMILES string of the molecule is Cc1cc(-c2c(-c3ccccc3)[nH+]c(N)n3c(=O)n(Cc4nccn4C)nc23)cc(CO)n1. The summed E-state index contributed by atoms with van der Waals surface area (Å²) in [4.78, 5) is 25.2. The van der Waals surface area contributed by atoms with E-state index in [9.17, 15) is 9.90 Å². The molecular formula is C23H23N8O2+. The summed E-state index contributed by atoms with van der Waals surface area (Å²) in [7, 11) is 1.86. The molecule has 10 heteroatoms. The van der Waals surface area contributed by atoms with Crippen LogP contribution in [0.4, 0.5) is 5.95 Å². The van der Waals surface area contributed by atoms with E-state index in [0.29, 0.717) is 28.4 Å². The molecule has 0 atom stereocenters. The molecule has 0 aliphatic rings. The van der Waals surface area contributed by atoms with Crippen molar-refractivity contribution in [3.05, 3.63) is 82.6 Å². The van der Waals surface area contributed by atoms with Crippen molar-refractivity contribution in [1.82, 2.24) is 28.7 Å². The van der Waals surface area contributed by atoms with Crippen LogP contribution in [0.2, 0.25) is 0 Å². The van der Waals surface area contributed by atoms with Gasteiger partial charge in [-0.15, -0.1) is 9.50 Å². The lowest BCUT2D eigenvalue weighted by Gasteiger charge is -2.10. The number of aliphatic hydroxyl groups excluding tert-OH is 1. The monoisotopic (exact) mass is 443 g/mol. The second-order valence-corrected chi connectivity index (χ2v) is 7.83. The minimum absolute atomic E-state index is 0.164. The van der Waals surface area contributed by atoms with Crippen LogP contribution in [-0.2, 0) is 20.2 Å². The Morgan fingerprint density at radius 3 is 2.64 bits per heavy atom. The zero-order valence-electron chi connectivity index (χ0n) is 18.2. The Bertz CT molecular complexity index is 1530. The summed E-state index contributed by atoms with van der Waals surface area (Å²) in [6.45, 7) is 1.85. The normalized spacial score (nSPS) is 11.4. The van der Waals surface area contributed by atoms with Crippen LogP contribution >= 0.6 is 0 Å². The van der Waals surface area contributed by atoms with Gasteiger partial charge >= 0.3 is 11.6 Å². The fourth-order valence-corrected chi connectivity index (χ4v) is 3.99. The van der Waals surface area contributed by atoms with E-state index in [1.165, 1.54) is 9.08 Å². The van der Waals surface area contributed by atoms with E-state index in [2.05, 4.69) is 20.1 Å². The summed E-state index contributed by atoms with van der Waals surface area (Å²) in [5, 5.41) is 14.4. The maximum Gasteiger partial charge on any atom is 0.411 e. The van der Waals surface area contributed by atoms with Gasteiger partial charge in [0, 0.05) is 30.7 Å². The molecule has 5 aromatic rings. The largest absolute Gasteiger partial charge is 0.411 e. The highest BCUT2D eigenvalue weighted by Gasteiger charge is 2.26. The average molecular weight is 443 g/mol. The lowest BCUT2D eigenvalue weighted by Crippen LogP contribution is -2.28. The third-order valence-electron chi connectivity index (χ3n) is 5.54. The number of benzene rings is 1. The maximum atomic E-state index is 13.3. The highest BCUT2D eigenvalue weighted by molar-refractivity contribution is 5.88. The number of aryl methyl sites for hydroxylation is 2. The zero-order chi connectivity index (χ0) is 23.1. The number of aromatic amines is 1. The summed E-state index contributed by atoms with van der Waals surface area (Å²) in [5.41, 5.74) is 10.7. The molecule has 0 aliphatic heterocycles. The quantitative estimate of drug-likeness (QED) is 0.420. The topological polar surface area (TPSA) is 130 Å².